The van der Waals surface area contributed by atoms with Crippen LogP contribution in [0.2, 0.25) is 0 Å². The Morgan fingerprint density at radius 3 is 2.00 bits per heavy atom. The third kappa shape index (κ3) is 1.46. The maximum Gasteiger partial charge on any atom is 0.245 e. The molecule has 0 aromatic carbocycles. The standard InChI is InChI=1S/C4H2N2O2S/c7-2-1-3(8)6-4(9)5-2/h(H2,5,6,7,8,9). The van der Waals surface area contributed by atoms with Crippen molar-refractivity contribution in [2.45, 2.75) is 0 Å². The molecule has 0 saturated carbocycles. The van der Waals surface area contributed by atoms with Gasteiger partial charge in [0.1, 0.15) is 0 Å². The Bertz CT molecular complexity index is 144. The van der Waals surface area contributed by atoms with E-state index in [2.05, 4.69) is 22.9 Å². The minimum Gasteiger partial charge on any atom is -0.302 e. The van der Waals surface area contributed by atoms with Gasteiger partial charge < -0.3 is 10.6 Å². The van der Waals surface area contributed by atoms with Crippen molar-refractivity contribution in [1.29, 1.82) is 0 Å². The molecule has 2 radical (unpaired) electrons. The molecule has 1 aliphatic rings. The van der Waals surface area contributed by atoms with Crippen molar-refractivity contribution >= 4 is 29.1 Å². The molecule has 2 N–H and O–H groups in total. The van der Waals surface area contributed by atoms with Gasteiger partial charge in [-0.05, 0) is 12.2 Å². The summed E-state index contributed by atoms with van der Waals surface area (Å²) < 4.78 is 0. The summed E-state index contributed by atoms with van der Waals surface area (Å²) in [6, 6.07) is 0. The van der Waals surface area contributed by atoms with E-state index in [1.54, 1.807) is 0 Å². The maximum atomic E-state index is 10.3. The molecule has 5 heteroatoms. The van der Waals surface area contributed by atoms with Gasteiger partial charge in [-0.25, -0.2) is 0 Å². The number of rotatable bonds is 0. The first-order valence-electron chi connectivity index (χ1n) is 2.11. The molecule has 0 aromatic heterocycles. The number of hydrogen-bond donors (Lipinski definition) is 2. The Morgan fingerprint density at radius 1 is 1.22 bits per heavy atom. The number of hydrogen-bond acceptors (Lipinski definition) is 3. The highest BCUT2D eigenvalue weighted by Gasteiger charge is 2.19. The van der Waals surface area contributed by atoms with Gasteiger partial charge in [-0.15, -0.1) is 0 Å². The topological polar surface area (TPSA) is 58.2 Å². The zero-order valence-electron chi connectivity index (χ0n) is 4.22. The SMILES string of the molecule is O=C1[C]C(=O)NC(=S)N1. The average Bonchev–Trinajstić information content (AvgIpc) is 1.59. The van der Waals surface area contributed by atoms with Crippen LogP contribution in [0.3, 0.4) is 0 Å². The summed E-state index contributed by atoms with van der Waals surface area (Å²) in [4.78, 5) is 20.6. The van der Waals surface area contributed by atoms with Gasteiger partial charge in [-0.1, -0.05) is 0 Å². The summed E-state index contributed by atoms with van der Waals surface area (Å²) >= 11 is 4.46. The van der Waals surface area contributed by atoms with Crippen LogP contribution in [0.1, 0.15) is 0 Å². The second-order valence-electron chi connectivity index (χ2n) is 1.36. The highest BCUT2D eigenvalue weighted by Crippen LogP contribution is 1.84. The lowest BCUT2D eigenvalue weighted by Crippen LogP contribution is -2.49. The smallest absolute Gasteiger partial charge is 0.245 e. The van der Waals surface area contributed by atoms with E-state index < -0.39 is 11.8 Å². The summed E-state index contributed by atoms with van der Waals surface area (Å²) in [7, 11) is 0. The maximum absolute atomic E-state index is 10.3. The highest BCUT2D eigenvalue weighted by molar-refractivity contribution is 7.80. The van der Waals surface area contributed by atoms with Crippen molar-refractivity contribution in [1.82, 2.24) is 10.6 Å². The molecule has 0 unspecified atom stereocenters. The Labute approximate surface area is 56.6 Å². The summed E-state index contributed by atoms with van der Waals surface area (Å²) in [5.41, 5.74) is 0. The lowest BCUT2D eigenvalue weighted by atomic mass is 10.3. The molecule has 1 heterocycles. The third-order valence-electron chi connectivity index (χ3n) is 0.681. The first-order chi connectivity index (χ1) is 4.18. The third-order valence-corrected chi connectivity index (χ3v) is 0.885. The van der Waals surface area contributed by atoms with Crippen LogP contribution in [0.4, 0.5) is 0 Å². The van der Waals surface area contributed by atoms with E-state index in [4.69, 9.17) is 0 Å². The Kier molecular flexibility index (Phi) is 1.44. The van der Waals surface area contributed by atoms with Gasteiger partial charge in [0.15, 0.2) is 11.5 Å². The molecular formula is C4H2N2O2S. The molecule has 0 aliphatic carbocycles. The number of thiocarbonyl (C=S) groups is 1. The molecule has 0 atom stereocenters. The molecule has 1 rings (SSSR count). The van der Waals surface area contributed by atoms with Crippen molar-refractivity contribution in [2.75, 3.05) is 0 Å². The number of nitrogens with one attached hydrogen (secondary N) is 2. The second-order valence-corrected chi connectivity index (χ2v) is 1.77. The average molecular weight is 142 g/mol. The van der Waals surface area contributed by atoms with Crippen molar-refractivity contribution in [3.63, 3.8) is 0 Å². The molecule has 1 aliphatic heterocycles. The van der Waals surface area contributed by atoms with Crippen LogP contribution >= 0.6 is 12.2 Å². The van der Waals surface area contributed by atoms with Crippen molar-refractivity contribution < 1.29 is 9.59 Å². The molecule has 9 heavy (non-hydrogen) atoms. The van der Waals surface area contributed by atoms with Crippen molar-refractivity contribution in [3.05, 3.63) is 6.42 Å². The van der Waals surface area contributed by atoms with Crippen molar-refractivity contribution in [2.24, 2.45) is 0 Å². The number of carbonyl (C=O) groups is 2. The van der Waals surface area contributed by atoms with E-state index in [1.165, 1.54) is 0 Å². The largest absolute Gasteiger partial charge is 0.302 e. The van der Waals surface area contributed by atoms with Crippen LogP contribution in [-0.4, -0.2) is 16.9 Å². The fourth-order valence-corrected chi connectivity index (χ4v) is 0.588. The van der Waals surface area contributed by atoms with Crippen molar-refractivity contribution in [3.8, 4) is 0 Å². The zero-order chi connectivity index (χ0) is 6.85. The van der Waals surface area contributed by atoms with Crippen LogP contribution in [-0.2, 0) is 9.59 Å². The van der Waals surface area contributed by atoms with Gasteiger partial charge >= 0.3 is 0 Å². The molecule has 1 fully saturated rings. The predicted molar refractivity (Wildman–Crippen MR) is 32.1 cm³/mol. The lowest BCUT2D eigenvalue weighted by molar-refractivity contribution is -0.123. The van der Waals surface area contributed by atoms with Gasteiger partial charge in [0.2, 0.25) is 11.8 Å². The summed E-state index contributed by atoms with van der Waals surface area (Å²) in [6.07, 6.45) is 1.92. The fraction of sp³-hybridized carbons (Fsp3) is 0. The minimum absolute atomic E-state index is 0.0313. The van der Waals surface area contributed by atoms with Gasteiger partial charge in [-0.3, -0.25) is 9.59 Å². The summed E-state index contributed by atoms with van der Waals surface area (Å²) in [5.74, 6) is -1.19. The Morgan fingerprint density at radius 2 is 1.67 bits per heavy atom. The summed E-state index contributed by atoms with van der Waals surface area (Å²) in [6.45, 7) is 0. The quantitative estimate of drug-likeness (QED) is 0.409. The fourth-order valence-electron chi connectivity index (χ4n) is 0.403. The molecule has 4 nitrogen and oxygen atoms in total. The molecule has 46 valence electrons. The first-order valence-corrected chi connectivity index (χ1v) is 2.52. The van der Waals surface area contributed by atoms with Crippen LogP contribution < -0.4 is 10.6 Å². The number of carbonyl (C=O) groups excluding carboxylic acids is 2. The van der Waals surface area contributed by atoms with E-state index in [-0.39, 0.29) is 5.11 Å². The molecule has 0 aromatic rings. The molecular weight excluding hydrogens is 140 g/mol. The molecule has 0 spiro atoms. The van der Waals surface area contributed by atoms with Gasteiger partial charge in [0, 0.05) is 0 Å². The van der Waals surface area contributed by atoms with Crippen LogP contribution in [0.25, 0.3) is 0 Å². The van der Waals surface area contributed by atoms with Gasteiger partial charge in [0.05, 0.1) is 0 Å². The van der Waals surface area contributed by atoms with E-state index in [1.807, 2.05) is 6.42 Å². The Hall–Kier alpha value is -0.970. The zero-order valence-corrected chi connectivity index (χ0v) is 5.04. The van der Waals surface area contributed by atoms with E-state index in [9.17, 15) is 9.59 Å². The number of amides is 2. The van der Waals surface area contributed by atoms with Crippen LogP contribution in [0.5, 0.6) is 0 Å². The molecule has 2 amide bonds. The Balaban J connectivity index is 2.64. The monoisotopic (exact) mass is 142 g/mol. The second kappa shape index (κ2) is 2.10. The van der Waals surface area contributed by atoms with E-state index in [0.717, 1.165) is 0 Å². The van der Waals surface area contributed by atoms with Gasteiger partial charge in [-0.2, -0.15) is 0 Å². The van der Waals surface area contributed by atoms with Crippen LogP contribution in [0, 0.1) is 6.42 Å². The lowest BCUT2D eigenvalue weighted by Gasteiger charge is -2.11. The van der Waals surface area contributed by atoms with Crippen LogP contribution in [0.15, 0.2) is 0 Å². The van der Waals surface area contributed by atoms with E-state index in [0.29, 0.717) is 0 Å². The first kappa shape index (κ1) is 6.15. The van der Waals surface area contributed by atoms with E-state index >= 15 is 0 Å². The minimum atomic E-state index is -0.594. The molecule has 1 saturated heterocycles. The predicted octanol–water partition coefficient (Wildman–Crippen LogP) is -1.40. The summed E-state index contributed by atoms with van der Waals surface area (Å²) in [5, 5.41) is 4.35. The molecule has 0 bridgehead atoms. The van der Waals surface area contributed by atoms with Gasteiger partial charge in [0.25, 0.3) is 0 Å². The highest BCUT2D eigenvalue weighted by atomic mass is 32.1. The normalized spacial score (nSPS) is 18.9.